The second kappa shape index (κ2) is 7.50. The summed E-state index contributed by atoms with van der Waals surface area (Å²) < 4.78 is 38.5. The number of ketones is 1. The van der Waals surface area contributed by atoms with Crippen molar-refractivity contribution < 1.29 is 18.0 Å². The van der Waals surface area contributed by atoms with Crippen molar-refractivity contribution >= 4 is 16.8 Å². The van der Waals surface area contributed by atoms with Gasteiger partial charge in [-0.2, -0.15) is 13.2 Å². The predicted molar refractivity (Wildman–Crippen MR) is 103 cm³/mol. The van der Waals surface area contributed by atoms with E-state index in [1.54, 1.807) is 18.5 Å². The van der Waals surface area contributed by atoms with Crippen molar-refractivity contribution in [2.24, 2.45) is 0 Å². The first-order valence-corrected chi connectivity index (χ1v) is 8.95. The van der Waals surface area contributed by atoms with Gasteiger partial charge in [0, 0.05) is 41.7 Å². The van der Waals surface area contributed by atoms with E-state index in [4.69, 9.17) is 0 Å². The van der Waals surface area contributed by atoms with Crippen LogP contribution in [0.4, 0.5) is 13.2 Å². The molecule has 1 aromatic carbocycles. The highest BCUT2D eigenvalue weighted by atomic mass is 19.4. The predicted octanol–water partition coefficient (Wildman–Crippen LogP) is 4.99. The van der Waals surface area contributed by atoms with E-state index in [1.165, 1.54) is 12.1 Å². The molecule has 146 valence electrons. The van der Waals surface area contributed by atoms with Crippen LogP contribution >= 0.6 is 0 Å². The van der Waals surface area contributed by atoms with Crippen LogP contribution in [0.15, 0.2) is 67.1 Å². The molecule has 0 bridgehead atoms. The molecule has 0 aliphatic heterocycles. The number of aromatic nitrogens is 3. The molecule has 0 aliphatic carbocycles. The number of nitrogens with one attached hydrogen (secondary N) is 1. The number of halogens is 3. The number of fused-ring (bicyclic) bond motifs is 1. The van der Waals surface area contributed by atoms with Crippen LogP contribution in [0.25, 0.3) is 11.0 Å². The lowest BCUT2D eigenvalue weighted by molar-refractivity contribution is -0.137. The Labute approximate surface area is 164 Å². The molecular formula is C22H16F3N3O. The van der Waals surface area contributed by atoms with Gasteiger partial charge in [0.1, 0.15) is 5.65 Å². The number of hydrogen-bond acceptors (Lipinski definition) is 3. The molecular weight excluding hydrogens is 379 g/mol. The van der Waals surface area contributed by atoms with Crippen molar-refractivity contribution in [3.8, 4) is 0 Å². The summed E-state index contributed by atoms with van der Waals surface area (Å²) in [5.41, 5.74) is 2.57. The maximum absolute atomic E-state index is 12.8. The summed E-state index contributed by atoms with van der Waals surface area (Å²) in [6.07, 6.45) is 1.43. The van der Waals surface area contributed by atoms with Crippen LogP contribution < -0.4 is 0 Å². The van der Waals surface area contributed by atoms with Crippen molar-refractivity contribution in [2.75, 3.05) is 0 Å². The largest absolute Gasteiger partial charge is 0.416 e. The first-order chi connectivity index (χ1) is 13.9. The Hall–Kier alpha value is -3.48. The van der Waals surface area contributed by atoms with Gasteiger partial charge < -0.3 is 4.98 Å². The fraction of sp³-hybridized carbons (Fsp3) is 0.136. The Morgan fingerprint density at radius 2 is 1.90 bits per heavy atom. The number of aromatic amines is 1. The molecule has 0 radical (unpaired) electrons. The van der Waals surface area contributed by atoms with Gasteiger partial charge in [0.2, 0.25) is 0 Å². The summed E-state index contributed by atoms with van der Waals surface area (Å²) >= 11 is 0. The Bertz CT molecular complexity index is 1160. The fourth-order valence-electron chi connectivity index (χ4n) is 3.18. The number of rotatable bonds is 5. The minimum absolute atomic E-state index is 0.0250. The van der Waals surface area contributed by atoms with Crippen LogP contribution in [0.3, 0.4) is 0 Å². The Morgan fingerprint density at radius 1 is 1.03 bits per heavy atom. The topological polar surface area (TPSA) is 58.6 Å². The summed E-state index contributed by atoms with van der Waals surface area (Å²) in [6, 6.07) is 11.9. The van der Waals surface area contributed by atoms with Crippen LogP contribution in [0.2, 0.25) is 0 Å². The number of carbonyl (C=O) groups excluding carboxylic acids is 1. The summed E-state index contributed by atoms with van der Waals surface area (Å²) in [4.78, 5) is 24.1. The van der Waals surface area contributed by atoms with Gasteiger partial charge >= 0.3 is 6.18 Å². The van der Waals surface area contributed by atoms with E-state index in [-0.39, 0.29) is 12.0 Å². The highest BCUT2D eigenvalue weighted by molar-refractivity contribution is 5.97. The lowest BCUT2D eigenvalue weighted by Gasteiger charge is -2.08. The lowest BCUT2D eigenvalue weighted by Crippen LogP contribution is -2.09. The van der Waals surface area contributed by atoms with Crippen molar-refractivity contribution in [2.45, 2.75) is 19.0 Å². The van der Waals surface area contributed by atoms with E-state index in [2.05, 4.69) is 15.0 Å². The smallest absolute Gasteiger partial charge is 0.346 e. The van der Waals surface area contributed by atoms with Gasteiger partial charge in [-0.15, -0.1) is 0 Å². The Morgan fingerprint density at radius 3 is 2.66 bits per heavy atom. The highest BCUT2D eigenvalue weighted by Gasteiger charge is 2.30. The first kappa shape index (κ1) is 18.9. The number of benzene rings is 1. The normalized spacial score (nSPS) is 11.7. The molecule has 0 atom stereocenters. The van der Waals surface area contributed by atoms with E-state index in [1.807, 2.05) is 24.4 Å². The first-order valence-electron chi connectivity index (χ1n) is 8.95. The van der Waals surface area contributed by atoms with Crippen LogP contribution in [0, 0.1) is 0 Å². The number of alkyl halides is 3. The van der Waals surface area contributed by atoms with Gasteiger partial charge in [0.15, 0.2) is 5.78 Å². The summed E-state index contributed by atoms with van der Waals surface area (Å²) in [5.74, 6) is -0.404. The minimum atomic E-state index is -4.48. The SMILES string of the molecule is O=C(Cc1ccc(Cc2c[nH]c3ncccc23)cn1)c1cccc(C(F)(F)F)c1. The third-order valence-corrected chi connectivity index (χ3v) is 4.67. The number of Topliss-reactive ketones (excluding diaryl/α,β-unsaturated/α-hetero) is 1. The molecule has 0 unspecified atom stereocenters. The van der Waals surface area contributed by atoms with Crippen molar-refractivity contribution in [3.63, 3.8) is 0 Å². The average Bonchev–Trinajstić information content (AvgIpc) is 3.12. The van der Waals surface area contributed by atoms with Crippen LogP contribution in [-0.4, -0.2) is 20.7 Å². The highest BCUT2D eigenvalue weighted by Crippen LogP contribution is 2.29. The third kappa shape index (κ3) is 4.18. The van der Waals surface area contributed by atoms with Crippen molar-refractivity contribution in [1.29, 1.82) is 0 Å². The number of pyridine rings is 2. The molecule has 7 heteroatoms. The molecule has 1 N–H and O–H groups in total. The van der Waals surface area contributed by atoms with Gasteiger partial charge in [0.05, 0.1) is 12.0 Å². The quantitative estimate of drug-likeness (QED) is 0.484. The van der Waals surface area contributed by atoms with Gasteiger partial charge in [-0.1, -0.05) is 18.2 Å². The van der Waals surface area contributed by atoms with Crippen LogP contribution in [0.5, 0.6) is 0 Å². The number of H-pyrrole nitrogens is 1. The zero-order valence-corrected chi connectivity index (χ0v) is 15.2. The van der Waals surface area contributed by atoms with E-state index in [9.17, 15) is 18.0 Å². The minimum Gasteiger partial charge on any atom is -0.346 e. The molecule has 0 amide bonds. The Kier molecular flexibility index (Phi) is 4.88. The van der Waals surface area contributed by atoms with E-state index in [0.29, 0.717) is 12.1 Å². The Balaban J connectivity index is 1.46. The van der Waals surface area contributed by atoms with Crippen LogP contribution in [0.1, 0.15) is 32.7 Å². The number of hydrogen-bond donors (Lipinski definition) is 1. The zero-order chi connectivity index (χ0) is 20.4. The van der Waals surface area contributed by atoms with Crippen molar-refractivity contribution in [3.05, 3.63) is 95.1 Å². The zero-order valence-electron chi connectivity index (χ0n) is 15.2. The third-order valence-electron chi connectivity index (χ3n) is 4.67. The molecule has 0 fully saturated rings. The second-order valence-corrected chi connectivity index (χ2v) is 6.73. The maximum Gasteiger partial charge on any atom is 0.416 e. The summed E-state index contributed by atoms with van der Waals surface area (Å²) in [7, 11) is 0. The average molecular weight is 395 g/mol. The summed E-state index contributed by atoms with van der Waals surface area (Å²) in [5, 5.41) is 1.04. The molecule has 4 aromatic rings. The molecule has 4 nitrogen and oxygen atoms in total. The standard InChI is InChI=1S/C22H16F3N3O/c23-22(24,25)17-4-1-3-15(10-17)20(29)11-18-7-6-14(12-27-18)9-16-13-28-21-19(16)5-2-8-26-21/h1-8,10,12-13H,9,11H2,(H,26,28). The molecule has 0 aliphatic rings. The number of nitrogens with zero attached hydrogens (tertiary/aromatic N) is 2. The fourth-order valence-corrected chi connectivity index (χ4v) is 3.18. The molecule has 0 spiro atoms. The lowest BCUT2D eigenvalue weighted by atomic mass is 10.0. The van der Waals surface area contributed by atoms with Gasteiger partial charge in [-0.3, -0.25) is 9.78 Å². The van der Waals surface area contributed by atoms with E-state index >= 15 is 0 Å². The number of carbonyl (C=O) groups is 1. The monoisotopic (exact) mass is 395 g/mol. The van der Waals surface area contributed by atoms with Gasteiger partial charge in [0.25, 0.3) is 0 Å². The van der Waals surface area contributed by atoms with E-state index in [0.717, 1.165) is 34.3 Å². The second-order valence-electron chi connectivity index (χ2n) is 6.73. The van der Waals surface area contributed by atoms with Gasteiger partial charge in [-0.05, 0) is 41.5 Å². The molecule has 3 aromatic heterocycles. The van der Waals surface area contributed by atoms with Crippen LogP contribution in [-0.2, 0) is 19.0 Å². The molecule has 29 heavy (non-hydrogen) atoms. The molecule has 4 rings (SSSR count). The van der Waals surface area contributed by atoms with E-state index < -0.39 is 17.5 Å². The molecule has 3 heterocycles. The molecule has 0 saturated heterocycles. The maximum atomic E-state index is 12.8. The van der Waals surface area contributed by atoms with Crippen molar-refractivity contribution in [1.82, 2.24) is 15.0 Å². The van der Waals surface area contributed by atoms with Gasteiger partial charge in [-0.25, -0.2) is 4.98 Å². The summed E-state index contributed by atoms with van der Waals surface area (Å²) in [6.45, 7) is 0. The molecule has 0 saturated carbocycles.